The van der Waals surface area contributed by atoms with Crippen molar-refractivity contribution in [2.24, 2.45) is 0 Å². The summed E-state index contributed by atoms with van der Waals surface area (Å²) in [4.78, 5) is 21.1. The Balaban J connectivity index is 3.36. The molecule has 0 aromatic carbocycles. The Kier molecular flexibility index (Phi) is 3.29. The number of carboxylic acids is 2. The fourth-order valence-electron chi connectivity index (χ4n) is 0.562. The molecule has 0 aliphatic carbocycles. The summed E-state index contributed by atoms with van der Waals surface area (Å²) < 4.78 is 1.07. The Morgan fingerprint density at radius 1 is 1.08 bits per heavy atom. The van der Waals surface area contributed by atoms with Crippen molar-refractivity contribution in [1.29, 1.82) is 0 Å². The van der Waals surface area contributed by atoms with Gasteiger partial charge in [-0.05, 0) is 0 Å². The first kappa shape index (κ1) is 10.2. The van der Waals surface area contributed by atoms with Crippen molar-refractivity contribution < 1.29 is 19.8 Å². The third-order valence-corrected chi connectivity index (χ3v) is 8.40. The van der Waals surface area contributed by atoms with E-state index in [-0.39, 0.29) is 37.9 Å². The van der Waals surface area contributed by atoms with E-state index in [1.807, 2.05) is 0 Å². The van der Waals surface area contributed by atoms with E-state index < -0.39 is 11.9 Å². The van der Waals surface area contributed by atoms with E-state index in [9.17, 15) is 9.59 Å². The van der Waals surface area contributed by atoms with Crippen LogP contribution >= 0.6 is 0 Å². The van der Waals surface area contributed by atoms with E-state index in [2.05, 4.69) is 15.6 Å². The average Bonchev–Trinajstić information content (AvgIpc) is 2.31. The van der Waals surface area contributed by atoms with Crippen molar-refractivity contribution in [1.82, 2.24) is 0 Å². The molecule has 0 spiro atoms. The first-order chi connectivity index (χ1) is 5.52. The molecule has 12 heavy (non-hydrogen) atoms. The molecule has 64 valence electrons. The van der Waals surface area contributed by atoms with Gasteiger partial charge in [0.15, 0.2) is 0 Å². The van der Waals surface area contributed by atoms with Crippen LogP contribution in [-0.4, -0.2) is 66.7 Å². The zero-order chi connectivity index (χ0) is 9.30. The third-order valence-electron chi connectivity index (χ3n) is 0.966. The van der Waals surface area contributed by atoms with Gasteiger partial charge in [0, 0.05) is 0 Å². The van der Waals surface area contributed by atoms with Gasteiger partial charge in [0.1, 0.15) is 0 Å². The second-order valence-corrected chi connectivity index (χ2v) is 10.8. The fraction of sp³-hybridized carbons (Fsp3) is 0. The Hall–Kier alpha value is 0.108. The van der Waals surface area contributed by atoms with Gasteiger partial charge in [-0.15, -0.1) is 0 Å². The monoisotopic (exact) mass is 366 g/mol. The van der Waals surface area contributed by atoms with Crippen molar-refractivity contribution in [2.45, 2.75) is 0 Å². The molecule has 0 unspecified atom stereocenters. The average molecular weight is 363 g/mol. The Morgan fingerprint density at radius 3 is 1.67 bits per heavy atom. The van der Waals surface area contributed by atoms with Gasteiger partial charge in [-0.2, -0.15) is 0 Å². The zero-order valence-corrected chi connectivity index (χ0v) is 10.6. The van der Waals surface area contributed by atoms with E-state index in [1.54, 1.807) is 0 Å². The number of carbonyl (C=O) groups is 2. The quantitative estimate of drug-likeness (QED) is 0.655. The van der Waals surface area contributed by atoms with Gasteiger partial charge in [-0.25, -0.2) is 0 Å². The van der Waals surface area contributed by atoms with Crippen LogP contribution in [0.2, 0.25) is 0 Å². The standard InChI is InChI=1S/C5H2O4Se3/c6-3(7)1-2(4(8)9)12-5(10)11-1/h(H,6,7)(H,8,9). The van der Waals surface area contributed by atoms with Crippen LogP contribution in [-0.2, 0) is 0 Å². The summed E-state index contributed by atoms with van der Waals surface area (Å²) in [6.07, 6.45) is 0. The maximum atomic E-state index is 10.5. The summed E-state index contributed by atoms with van der Waals surface area (Å²) in [5.41, 5.74) is 0. The van der Waals surface area contributed by atoms with Gasteiger partial charge in [0.25, 0.3) is 0 Å². The van der Waals surface area contributed by atoms with Crippen LogP contribution in [0, 0.1) is 1.81 Å². The van der Waals surface area contributed by atoms with Gasteiger partial charge in [-0.1, -0.05) is 0 Å². The fourth-order valence-corrected chi connectivity index (χ4v) is 7.47. The van der Waals surface area contributed by atoms with Crippen molar-refractivity contribution in [3.05, 3.63) is 10.7 Å². The molecule has 0 aliphatic rings. The SMILES string of the molecule is O=C(O)c1[se]c(=[Se])[se]c1C(=O)O. The van der Waals surface area contributed by atoms with Crippen LogP contribution in [0.5, 0.6) is 0 Å². The predicted octanol–water partition coefficient (Wildman–Crippen LogP) is -1.10. The molecule has 1 rings (SSSR count). The summed E-state index contributed by atoms with van der Waals surface area (Å²) >= 11 is 2.13. The van der Waals surface area contributed by atoms with Crippen LogP contribution in [0.25, 0.3) is 0 Å². The van der Waals surface area contributed by atoms with E-state index >= 15 is 0 Å². The molecular weight excluding hydrogens is 361 g/mol. The second-order valence-electron chi connectivity index (χ2n) is 1.72. The predicted molar refractivity (Wildman–Crippen MR) is 43.2 cm³/mol. The summed E-state index contributed by atoms with van der Waals surface area (Å²) in [5, 5.41) is 17.3. The number of hydrogen-bond acceptors (Lipinski definition) is 2. The van der Waals surface area contributed by atoms with E-state index in [0.29, 0.717) is 0 Å². The van der Waals surface area contributed by atoms with Crippen LogP contribution in [0.4, 0.5) is 0 Å². The van der Waals surface area contributed by atoms with Crippen molar-refractivity contribution in [2.75, 3.05) is 0 Å². The minimum absolute atomic E-state index is 0.0868. The molecule has 0 aliphatic heterocycles. The molecule has 1 aromatic heterocycles. The van der Waals surface area contributed by atoms with Crippen LogP contribution < -0.4 is 0 Å². The molecule has 1 aromatic rings. The molecule has 0 saturated heterocycles. The number of hydrogen-bond donors (Lipinski definition) is 2. The summed E-state index contributed by atoms with van der Waals surface area (Å²) in [5.74, 6) is -2.20. The first-order valence-corrected chi connectivity index (χ1v) is 6.91. The Labute approximate surface area is 86.7 Å². The van der Waals surface area contributed by atoms with Crippen LogP contribution in [0.15, 0.2) is 0 Å². The second kappa shape index (κ2) is 3.88. The van der Waals surface area contributed by atoms with Crippen molar-refractivity contribution in [3.8, 4) is 0 Å². The van der Waals surface area contributed by atoms with Gasteiger partial charge in [0.05, 0.1) is 0 Å². The van der Waals surface area contributed by atoms with E-state index in [1.165, 1.54) is 0 Å². The zero-order valence-electron chi connectivity index (χ0n) is 5.44. The number of aromatic carboxylic acids is 2. The molecule has 7 heteroatoms. The normalized spacial score (nSPS) is 9.67. The van der Waals surface area contributed by atoms with Gasteiger partial charge in [-0.3, -0.25) is 0 Å². The molecule has 0 radical (unpaired) electrons. The molecule has 0 bridgehead atoms. The molecule has 0 atom stereocenters. The summed E-state index contributed by atoms with van der Waals surface area (Å²) in [6, 6.07) is 0. The van der Waals surface area contributed by atoms with Crippen LogP contribution in [0.1, 0.15) is 18.5 Å². The minimum atomic E-state index is -1.10. The van der Waals surface area contributed by atoms with Crippen molar-refractivity contribution >= 4 is 56.5 Å². The molecule has 4 nitrogen and oxygen atoms in total. The summed E-state index contributed by atoms with van der Waals surface area (Å²) in [7, 11) is 0. The maximum absolute atomic E-state index is 10.5. The van der Waals surface area contributed by atoms with Crippen LogP contribution in [0.3, 0.4) is 0 Å². The Morgan fingerprint density at radius 2 is 1.42 bits per heavy atom. The van der Waals surface area contributed by atoms with E-state index in [0.717, 1.165) is 1.81 Å². The van der Waals surface area contributed by atoms with Gasteiger partial charge in [0.2, 0.25) is 0 Å². The molecule has 0 saturated carbocycles. The van der Waals surface area contributed by atoms with E-state index in [4.69, 9.17) is 10.2 Å². The summed E-state index contributed by atoms with van der Waals surface area (Å²) in [6.45, 7) is 0. The number of carboxylic acid groups (broad SMARTS) is 2. The van der Waals surface area contributed by atoms with Gasteiger partial charge < -0.3 is 0 Å². The Bertz CT molecular complexity index is 353. The van der Waals surface area contributed by atoms with Gasteiger partial charge >= 0.3 is 87.0 Å². The molecule has 0 amide bonds. The number of rotatable bonds is 2. The molecule has 2 N–H and O–H groups in total. The molecular formula is C5H2O4Se3. The topological polar surface area (TPSA) is 74.6 Å². The molecule has 1 heterocycles. The van der Waals surface area contributed by atoms with Crippen molar-refractivity contribution in [3.63, 3.8) is 0 Å². The molecule has 0 fully saturated rings. The first-order valence-electron chi connectivity index (χ1n) is 2.63. The third kappa shape index (κ3) is 2.07.